The second kappa shape index (κ2) is 7.56. The van der Waals surface area contributed by atoms with Crippen LogP contribution in [0.1, 0.15) is 11.1 Å². The van der Waals surface area contributed by atoms with Crippen molar-refractivity contribution in [3.05, 3.63) is 82.8 Å². The van der Waals surface area contributed by atoms with E-state index in [1.165, 1.54) is 11.8 Å². The Morgan fingerprint density at radius 1 is 1.00 bits per heavy atom. The number of thioether (sulfide) groups is 1. The molecule has 0 aliphatic carbocycles. The zero-order valence-electron chi connectivity index (χ0n) is 15.4. The third-order valence-corrected chi connectivity index (χ3v) is 5.70. The van der Waals surface area contributed by atoms with Crippen molar-refractivity contribution >= 4 is 29.4 Å². The molecule has 0 aromatic heterocycles. The van der Waals surface area contributed by atoms with Crippen molar-refractivity contribution in [1.29, 1.82) is 0 Å². The van der Waals surface area contributed by atoms with Crippen LogP contribution >= 0.6 is 11.8 Å². The first kappa shape index (κ1) is 17.7. The zero-order chi connectivity index (χ0) is 19.6. The van der Waals surface area contributed by atoms with E-state index < -0.39 is 0 Å². The predicted octanol–water partition coefficient (Wildman–Crippen LogP) is 5.08. The quantitative estimate of drug-likeness (QED) is 0.616. The molecule has 144 valence electrons. The molecule has 1 N–H and O–H groups in total. The molecule has 0 bridgehead atoms. The Morgan fingerprint density at radius 3 is 2.72 bits per heavy atom. The minimum absolute atomic E-state index is 0.0863. The Hall–Kier alpha value is -3.38. The van der Waals surface area contributed by atoms with Gasteiger partial charge in [-0.15, -0.1) is 0 Å². The number of hydrogen-bond acceptors (Lipinski definition) is 5. The lowest BCUT2D eigenvalue weighted by Gasteiger charge is -2.18. The zero-order valence-corrected chi connectivity index (χ0v) is 16.2. The van der Waals surface area contributed by atoms with Gasteiger partial charge in [0.05, 0.1) is 10.6 Å². The molecule has 6 heteroatoms. The summed E-state index contributed by atoms with van der Waals surface area (Å²) in [5.41, 5.74) is 2.80. The molecule has 0 spiro atoms. The van der Waals surface area contributed by atoms with Gasteiger partial charge < -0.3 is 19.5 Å². The van der Waals surface area contributed by atoms with Crippen molar-refractivity contribution in [2.75, 3.05) is 12.1 Å². The van der Waals surface area contributed by atoms with E-state index in [-0.39, 0.29) is 12.7 Å². The topological polar surface area (TPSA) is 56.8 Å². The number of benzene rings is 3. The first-order valence-electron chi connectivity index (χ1n) is 9.16. The second-order valence-electron chi connectivity index (χ2n) is 6.61. The van der Waals surface area contributed by atoms with Crippen molar-refractivity contribution in [3.63, 3.8) is 0 Å². The Bertz CT molecular complexity index is 1110. The predicted molar refractivity (Wildman–Crippen MR) is 112 cm³/mol. The molecule has 2 aliphatic rings. The average Bonchev–Trinajstić information content (AvgIpc) is 3.22. The minimum Gasteiger partial charge on any atom is -0.489 e. The molecule has 0 saturated carbocycles. The van der Waals surface area contributed by atoms with E-state index in [9.17, 15) is 4.79 Å². The maximum Gasteiger partial charge on any atom is 0.262 e. The van der Waals surface area contributed by atoms with Crippen LogP contribution in [0.2, 0.25) is 0 Å². The van der Waals surface area contributed by atoms with Gasteiger partial charge in [-0.1, -0.05) is 42.1 Å². The Kier molecular flexibility index (Phi) is 4.62. The highest BCUT2D eigenvalue weighted by Crippen LogP contribution is 2.38. The molecular formula is C23H17NO4S. The summed E-state index contributed by atoms with van der Waals surface area (Å²) < 4.78 is 16.6. The van der Waals surface area contributed by atoms with Crippen LogP contribution in [0.3, 0.4) is 0 Å². The summed E-state index contributed by atoms with van der Waals surface area (Å²) in [6.07, 6.45) is 1.89. The van der Waals surface area contributed by atoms with Crippen LogP contribution in [-0.4, -0.2) is 12.7 Å². The van der Waals surface area contributed by atoms with E-state index in [0.29, 0.717) is 11.5 Å². The fourth-order valence-corrected chi connectivity index (χ4v) is 4.06. The summed E-state index contributed by atoms with van der Waals surface area (Å²) in [7, 11) is 0. The number of anilines is 1. The molecule has 3 aromatic carbocycles. The number of hydrogen-bond donors (Lipinski definition) is 1. The number of amides is 1. The molecule has 5 nitrogen and oxygen atoms in total. The molecule has 3 aromatic rings. The molecule has 1 amide bonds. The van der Waals surface area contributed by atoms with Gasteiger partial charge in [0.2, 0.25) is 6.79 Å². The lowest BCUT2D eigenvalue weighted by molar-refractivity contribution is -0.112. The minimum atomic E-state index is -0.0863. The number of carbonyl (C=O) groups excluding carboxylic acids is 1. The molecule has 29 heavy (non-hydrogen) atoms. The van der Waals surface area contributed by atoms with Crippen molar-refractivity contribution in [3.8, 4) is 17.2 Å². The lowest BCUT2D eigenvalue weighted by Crippen LogP contribution is -2.17. The maximum atomic E-state index is 12.3. The highest BCUT2D eigenvalue weighted by molar-refractivity contribution is 8.04. The number of fused-ring (bicyclic) bond motifs is 2. The van der Waals surface area contributed by atoms with Gasteiger partial charge in [-0.3, -0.25) is 4.79 Å². The van der Waals surface area contributed by atoms with E-state index in [2.05, 4.69) is 5.32 Å². The number of nitrogens with one attached hydrogen (secondary N) is 1. The van der Waals surface area contributed by atoms with Crippen LogP contribution in [-0.2, 0) is 11.4 Å². The monoisotopic (exact) mass is 403 g/mol. The van der Waals surface area contributed by atoms with Gasteiger partial charge in [0.25, 0.3) is 5.91 Å². The van der Waals surface area contributed by atoms with Crippen molar-refractivity contribution in [2.45, 2.75) is 11.5 Å². The van der Waals surface area contributed by atoms with E-state index in [0.717, 1.165) is 39.0 Å². The summed E-state index contributed by atoms with van der Waals surface area (Å²) in [4.78, 5) is 14.0. The number of ether oxygens (including phenoxy) is 3. The van der Waals surface area contributed by atoms with Crippen LogP contribution in [0.4, 0.5) is 5.69 Å². The third-order valence-electron chi connectivity index (χ3n) is 4.60. The summed E-state index contributed by atoms with van der Waals surface area (Å²) in [5.74, 6) is 2.18. The summed E-state index contributed by atoms with van der Waals surface area (Å²) in [6, 6.07) is 21.2. The Labute approximate surface area is 172 Å². The van der Waals surface area contributed by atoms with Crippen LogP contribution < -0.4 is 19.5 Å². The summed E-state index contributed by atoms with van der Waals surface area (Å²) in [5, 5.41) is 2.93. The molecule has 0 atom stereocenters. The first-order valence-corrected chi connectivity index (χ1v) is 9.97. The van der Waals surface area contributed by atoms with Crippen molar-refractivity contribution in [1.82, 2.24) is 0 Å². The van der Waals surface area contributed by atoms with Crippen molar-refractivity contribution < 1.29 is 19.0 Å². The molecule has 2 heterocycles. The van der Waals surface area contributed by atoms with Gasteiger partial charge >= 0.3 is 0 Å². The number of para-hydroxylation sites is 1. The van der Waals surface area contributed by atoms with E-state index >= 15 is 0 Å². The van der Waals surface area contributed by atoms with E-state index in [1.54, 1.807) is 0 Å². The fourth-order valence-electron chi connectivity index (χ4n) is 3.11. The molecular weight excluding hydrogens is 386 g/mol. The first-order chi connectivity index (χ1) is 14.2. The van der Waals surface area contributed by atoms with Crippen LogP contribution in [0, 0.1) is 0 Å². The second-order valence-corrected chi connectivity index (χ2v) is 7.69. The van der Waals surface area contributed by atoms with Gasteiger partial charge in [-0.05, 0) is 53.6 Å². The van der Waals surface area contributed by atoms with Gasteiger partial charge in [0.1, 0.15) is 12.4 Å². The standard InChI is InChI=1S/C23H17NO4S/c25-23-22(29-21-4-2-1-3-18(21)24-23)12-15-5-8-17(9-6-15)26-13-16-7-10-19-20(11-16)28-14-27-19/h1-12H,13-14H2,(H,24,25)/b22-12-. The van der Waals surface area contributed by atoms with Gasteiger partial charge in [-0.25, -0.2) is 0 Å². The Morgan fingerprint density at radius 2 is 1.83 bits per heavy atom. The SMILES string of the molecule is O=C1Nc2ccccc2S/C1=C\c1ccc(OCc2ccc3c(c2)OCO3)cc1. The van der Waals surface area contributed by atoms with Gasteiger partial charge in [-0.2, -0.15) is 0 Å². The molecule has 5 rings (SSSR count). The van der Waals surface area contributed by atoms with Crippen LogP contribution in [0.15, 0.2) is 76.5 Å². The third kappa shape index (κ3) is 3.79. The number of rotatable bonds is 4. The highest BCUT2D eigenvalue weighted by atomic mass is 32.2. The number of carbonyl (C=O) groups is 1. The average molecular weight is 403 g/mol. The van der Waals surface area contributed by atoms with Crippen LogP contribution in [0.25, 0.3) is 6.08 Å². The van der Waals surface area contributed by atoms with E-state index in [4.69, 9.17) is 14.2 Å². The lowest BCUT2D eigenvalue weighted by atomic mass is 10.2. The molecule has 0 unspecified atom stereocenters. The fraction of sp³-hybridized carbons (Fsp3) is 0.0870. The summed E-state index contributed by atoms with van der Waals surface area (Å²) >= 11 is 1.48. The normalized spacial score (nSPS) is 15.7. The smallest absolute Gasteiger partial charge is 0.262 e. The maximum absolute atomic E-state index is 12.3. The van der Waals surface area contributed by atoms with Gasteiger partial charge in [0.15, 0.2) is 11.5 Å². The molecule has 0 saturated heterocycles. The van der Waals surface area contributed by atoms with Crippen molar-refractivity contribution in [2.24, 2.45) is 0 Å². The van der Waals surface area contributed by atoms with Crippen LogP contribution in [0.5, 0.6) is 17.2 Å². The van der Waals surface area contributed by atoms with Gasteiger partial charge in [0, 0.05) is 4.90 Å². The highest BCUT2D eigenvalue weighted by Gasteiger charge is 2.20. The summed E-state index contributed by atoms with van der Waals surface area (Å²) in [6.45, 7) is 0.699. The Balaban J connectivity index is 1.26. The molecule has 0 fully saturated rings. The molecule has 0 radical (unpaired) electrons. The van der Waals surface area contributed by atoms with E-state index in [1.807, 2.05) is 72.8 Å². The largest absolute Gasteiger partial charge is 0.489 e. The molecule has 2 aliphatic heterocycles.